The molecule has 2 rings (SSSR count). The van der Waals surface area contributed by atoms with Gasteiger partial charge >= 0.3 is 0 Å². The molecular formula is C22H41N5O2. The van der Waals surface area contributed by atoms with Gasteiger partial charge in [-0.3, -0.25) is 9.89 Å². The molecule has 1 fully saturated rings. The van der Waals surface area contributed by atoms with Gasteiger partial charge in [0.05, 0.1) is 18.8 Å². The molecule has 0 atom stereocenters. The minimum atomic E-state index is 0.636. The standard InChI is InChI=1S/C22H41N5O2/c1-6-23-22(24-10-14-28-13-9-17(2)3)25-15-20-7-11-27(12-8-20)16-21-26-18(4)19(5)29-21/h17,20H,6-16H2,1-5H3,(H2,23,24,25). The van der Waals surface area contributed by atoms with E-state index in [1.165, 1.54) is 12.8 Å². The zero-order chi connectivity index (χ0) is 21.1. The maximum absolute atomic E-state index is 5.72. The number of nitrogens with zero attached hydrogens (tertiary/aromatic N) is 3. The van der Waals surface area contributed by atoms with Gasteiger partial charge in [-0.25, -0.2) is 4.98 Å². The molecule has 0 aliphatic carbocycles. The summed E-state index contributed by atoms with van der Waals surface area (Å²) < 4.78 is 11.4. The molecule has 1 aromatic heterocycles. The molecule has 0 saturated carbocycles. The highest BCUT2D eigenvalue weighted by atomic mass is 16.5. The van der Waals surface area contributed by atoms with Gasteiger partial charge < -0.3 is 19.8 Å². The van der Waals surface area contributed by atoms with E-state index >= 15 is 0 Å². The van der Waals surface area contributed by atoms with E-state index in [-0.39, 0.29) is 0 Å². The van der Waals surface area contributed by atoms with Gasteiger partial charge in [0.1, 0.15) is 5.76 Å². The lowest BCUT2D eigenvalue weighted by Crippen LogP contribution is -2.40. The molecular weight excluding hydrogens is 366 g/mol. The van der Waals surface area contributed by atoms with Crippen LogP contribution >= 0.6 is 0 Å². The second kappa shape index (κ2) is 12.9. The van der Waals surface area contributed by atoms with Gasteiger partial charge in [-0.05, 0) is 65.0 Å². The second-order valence-corrected chi connectivity index (χ2v) is 8.41. The summed E-state index contributed by atoms with van der Waals surface area (Å²) in [5, 5.41) is 6.71. The van der Waals surface area contributed by atoms with Crippen molar-refractivity contribution in [1.82, 2.24) is 20.5 Å². The summed E-state index contributed by atoms with van der Waals surface area (Å²) in [6.07, 6.45) is 3.45. The summed E-state index contributed by atoms with van der Waals surface area (Å²) >= 11 is 0. The van der Waals surface area contributed by atoms with E-state index in [9.17, 15) is 0 Å². The molecule has 2 heterocycles. The van der Waals surface area contributed by atoms with E-state index < -0.39 is 0 Å². The van der Waals surface area contributed by atoms with Crippen molar-refractivity contribution in [3.05, 3.63) is 17.3 Å². The summed E-state index contributed by atoms with van der Waals surface area (Å²) in [6.45, 7) is 17.6. The molecule has 7 heteroatoms. The van der Waals surface area contributed by atoms with Crippen LogP contribution in [-0.4, -0.2) is 61.8 Å². The molecule has 0 bridgehead atoms. The fourth-order valence-corrected chi connectivity index (χ4v) is 3.35. The average Bonchev–Trinajstić information content (AvgIpc) is 3.00. The fourth-order valence-electron chi connectivity index (χ4n) is 3.35. The van der Waals surface area contributed by atoms with E-state index in [4.69, 9.17) is 14.1 Å². The molecule has 0 unspecified atom stereocenters. The van der Waals surface area contributed by atoms with Crippen LogP contribution in [0.15, 0.2) is 9.41 Å². The second-order valence-electron chi connectivity index (χ2n) is 8.41. The first-order valence-corrected chi connectivity index (χ1v) is 11.2. The van der Waals surface area contributed by atoms with Crippen molar-refractivity contribution in [2.75, 3.05) is 45.9 Å². The van der Waals surface area contributed by atoms with E-state index in [0.29, 0.717) is 11.8 Å². The van der Waals surface area contributed by atoms with Gasteiger partial charge in [-0.2, -0.15) is 0 Å². The van der Waals surface area contributed by atoms with Crippen LogP contribution in [0.2, 0.25) is 0 Å². The average molecular weight is 408 g/mol. The Bertz CT molecular complexity index is 587. The lowest BCUT2D eigenvalue weighted by molar-refractivity contribution is 0.128. The number of oxazole rings is 1. The number of likely N-dealkylation sites (tertiary alicyclic amines) is 1. The molecule has 7 nitrogen and oxygen atoms in total. The van der Waals surface area contributed by atoms with Crippen molar-refractivity contribution in [2.24, 2.45) is 16.8 Å². The van der Waals surface area contributed by atoms with Crippen LogP contribution in [0.5, 0.6) is 0 Å². The Hall–Kier alpha value is -1.60. The maximum atomic E-state index is 5.72. The Morgan fingerprint density at radius 2 is 2.00 bits per heavy atom. The monoisotopic (exact) mass is 407 g/mol. The third-order valence-corrected chi connectivity index (χ3v) is 5.37. The van der Waals surface area contributed by atoms with Gasteiger partial charge in [-0.15, -0.1) is 0 Å². The molecule has 1 aromatic rings. The first kappa shape index (κ1) is 23.7. The van der Waals surface area contributed by atoms with Crippen molar-refractivity contribution >= 4 is 5.96 Å². The van der Waals surface area contributed by atoms with Crippen LogP contribution in [-0.2, 0) is 11.3 Å². The van der Waals surface area contributed by atoms with Crippen LogP contribution in [0, 0.1) is 25.7 Å². The van der Waals surface area contributed by atoms with Gasteiger partial charge in [0.2, 0.25) is 5.89 Å². The van der Waals surface area contributed by atoms with Crippen LogP contribution in [0.25, 0.3) is 0 Å². The molecule has 0 radical (unpaired) electrons. The lowest BCUT2D eigenvalue weighted by atomic mass is 9.97. The highest BCUT2D eigenvalue weighted by Gasteiger charge is 2.20. The summed E-state index contributed by atoms with van der Waals surface area (Å²) in [5.74, 6) is 3.99. The van der Waals surface area contributed by atoms with Crippen LogP contribution in [0.4, 0.5) is 0 Å². The number of nitrogens with one attached hydrogen (secondary N) is 2. The molecule has 0 amide bonds. The molecule has 1 aliphatic heterocycles. The topological polar surface area (TPSA) is 74.9 Å². The van der Waals surface area contributed by atoms with Crippen LogP contribution < -0.4 is 10.6 Å². The number of aliphatic imine (C=N–C) groups is 1. The predicted molar refractivity (Wildman–Crippen MR) is 118 cm³/mol. The Balaban J connectivity index is 1.66. The molecule has 166 valence electrons. The molecule has 2 N–H and O–H groups in total. The number of guanidine groups is 1. The molecule has 1 aliphatic rings. The van der Waals surface area contributed by atoms with Crippen molar-refractivity contribution in [3.63, 3.8) is 0 Å². The van der Waals surface area contributed by atoms with Crippen molar-refractivity contribution in [3.8, 4) is 0 Å². The normalized spacial score (nSPS) is 16.6. The summed E-state index contributed by atoms with van der Waals surface area (Å²) in [5.41, 5.74) is 0.998. The third-order valence-electron chi connectivity index (χ3n) is 5.37. The van der Waals surface area contributed by atoms with E-state index in [0.717, 1.165) is 82.2 Å². The SMILES string of the molecule is CCNC(=NCC1CCN(Cc2nc(C)c(C)o2)CC1)NCCOCCC(C)C. The van der Waals surface area contributed by atoms with Crippen LogP contribution in [0.1, 0.15) is 57.4 Å². The predicted octanol–water partition coefficient (Wildman–Crippen LogP) is 3.12. The summed E-state index contributed by atoms with van der Waals surface area (Å²) in [4.78, 5) is 11.7. The van der Waals surface area contributed by atoms with Gasteiger partial charge in [0.25, 0.3) is 0 Å². The first-order valence-electron chi connectivity index (χ1n) is 11.2. The number of piperidine rings is 1. The Kier molecular flexibility index (Phi) is 10.5. The highest BCUT2D eigenvalue weighted by molar-refractivity contribution is 5.79. The summed E-state index contributed by atoms with van der Waals surface area (Å²) in [6, 6.07) is 0. The zero-order valence-electron chi connectivity index (χ0n) is 19.1. The number of aromatic nitrogens is 1. The molecule has 0 aromatic carbocycles. The van der Waals surface area contributed by atoms with Gasteiger partial charge in [-0.1, -0.05) is 13.8 Å². The van der Waals surface area contributed by atoms with E-state index in [1.807, 2.05) is 13.8 Å². The van der Waals surface area contributed by atoms with Crippen LogP contribution in [0.3, 0.4) is 0 Å². The minimum absolute atomic E-state index is 0.636. The fraction of sp³-hybridized carbons (Fsp3) is 0.818. The number of hydrogen-bond donors (Lipinski definition) is 2. The Morgan fingerprint density at radius 1 is 1.24 bits per heavy atom. The molecule has 1 saturated heterocycles. The van der Waals surface area contributed by atoms with E-state index in [2.05, 4.69) is 41.3 Å². The minimum Gasteiger partial charge on any atom is -0.444 e. The van der Waals surface area contributed by atoms with Crippen molar-refractivity contribution < 1.29 is 9.15 Å². The van der Waals surface area contributed by atoms with Gasteiger partial charge in [0, 0.05) is 26.2 Å². The lowest BCUT2D eigenvalue weighted by Gasteiger charge is -2.30. The number of hydrogen-bond acceptors (Lipinski definition) is 5. The van der Waals surface area contributed by atoms with Gasteiger partial charge in [0.15, 0.2) is 5.96 Å². The zero-order valence-corrected chi connectivity index (χ0v) is 19.1. The highest BCUT2D eigenvalue weighted by Crippen LogP contribution is 2.20. The number of aryl methyl sites for hydroxylation is 2. The van der Waals surface area contributed by atoms with E-state index in [1.54, 1.807) is 0 Å². The molecule has 29 heavy (non-hydrogen) atoms. The molecule has 0 spiro atoms. The maximum Gasteiger partial charge on any atom is 0.208 e. The van der Waals surface area contributed by atoms with Crippen molar-refractivity contribution in [2.45, 2.75) is 60.4 Å². The summed E-state index contributed by atoms with van der Waals surface area (Å²) in [7, 11) is 0. The Labute approximate surface area is 176 Å². The largest absolute Gasteiger partial charge is 0.444 e. The Morgan fingerprint density at radius 3 is 2.62 bits per heavy atom. The first-order chi connectivity index (χ1) is 14.0. The third kappa shape index (κ3) is 9.17. The van der Waals surface area contributed by atoms with Crippen molar-refractivity contribution in [1.29, 1.82) is 0 Å². The number of ether oxygens (including phenoxy) is 1. The smallest absolute Gasteiger partial charge is 0.208 e. The quantitative estimate of drug-likeness (QED) is 0.333. The number of rotatable bonds is 11.